The van der Waals surface area contributed by atoms with Gasteiger partial charge in [-0.15, -0.1) is 0 Å². The predicted octanol–water partition coefficient (Wildman–Crippen LogP) is -1.16. The summed E-state index contributed by atoms with van der Waals surface area (Å²) in [6.07, 6.45) is 1.28. The minimum atomic E-state index is -0.607. The number of hydrogen-bond acceptors (Lipinski definition) is 5. The second-order valence-corrected chi connectivity index (χ2v) is 2.84. The lowest BCUT2D eigenvalue weighted by atomic mass is 10.4. The van der Waals surface area contributed by atoms with E-state index in [9.17, 15) is 14.4 Å². The van der Waals surface area contributed by atoms with Crippen LogP contribution in [0, 0.1) is 0 Å². The Balaban J connectivity index is 3.15. The molecule has 0 saturated carbocycles. The lowest BCUT2D eigenvalue weighted by Gasteiger charge is -2.03. The van der Waals surface area contributed by atoms with E-state index in [2.05, 4.69) is 15.4 Å². The first-order valence-corrected chi connectivity index (χ1v) is 4.71. The van der Waals surface area contributed by atoms with E-state index in [0.29, 0.717) is 32.5 Å². The standard InChI is InChI=1S/C9H16N2O4/c1-15-9(14)3-6-10-4-2-5-11-8(13)7-12/h7,10H,2-6H2,1H3,(H,11,13). The van der Waals surface area contributed by atoms with Crippen LogP contribution in [0.25, 0.3) is 0 Å². The van der Waals surface area contributed by atoms with Crippen molar-refractivity contribution in [3.63, 3.8) is 0 Å². The summed E-state index contributed by atoms with van der Waals surface area (Å²) in [5.74, 6) is -0.860. The number of nitrogens with one attached hydrogen (secondary N) is 2. The number of carbonyl (C=O) groups is 3. The molecule has 0 unspecified atom stereocenters. The molecule has 0 aromatic heterocycles. The molecule has 0 fully saturated rings. The molecule has 0 radical (unpaired) electrons. The molecular weight excluding hydrogens is 200 g/mol. The normalized spacial score (nSPS) is 9.40. The molecule has 0 aliphatic heterocycles. The highest BCUT2D eigenvalue weighted by Crippen LogP contribution is 1.81. The SMILES string of the molecule is COC(=O)CCNCCCNC(=O)C=O. The lowest BCUT2D eigenvalue weighted by molar-refractivity contribution is -0.140. The fraction of sp³-hybridized carbons (Fsp3) is 0.667. The van der Waals surface area contributed by atoms with Gasteiger partial charge in [-0.25, -0.2) is 0 Å². The molecule has 6 nitrogen and oxygen atoms in total. The minimum absolute atomic E-state index is 0.241. The molecule has 6 heteroatoms. The van der Waals surface area contributed by atoms with Crippen molar-refractivity contribution >= 4 is 18.2 Å². The Labute approximate surface area is 88.4 Å². The van der Waals surface area contributed by atoms with E-state index in [1.54, 1.807) is 0 Å². The number of rotatable bonds is 8. The summed E-state index contributed by atoms with van der Waals surface area (Å²) in [5.41, 5.74) is 0. The molecule has 0 aliphatic rings. The van der Waals surface area contributed by atoms with Crippen molar-refractivity contribution in [3.05, 3.63) is 0 Å². The highest BCUT2D eigenvalue weighted by atomic mass is 16.5. The van der Waals surface area contributed by atoms with Crippen LogP contribution in [0.4, 0.5) is 0 Å². The molecule has 0 aromatic carbocycles. The molecule has 15 heavy (non-hydrogen) atoms. The number of methoxy groups -OCH3 is 1. The second-order valence-electron chi connectivity index (χ2n) is 2.84. The average Bonchev–Trinajstić information content (AvgIpc) is 2.26. The number of ether oxygens (including phenoxy) is 1. The first-order valence-electron chi connectivity index (χ1n) is 4.71. The first kappa shape index (κ1) is 13.6. The van der Waals surface area contributed by atoms with E-state index >= 15 is 0 Å². The Morgan fingerprint density at radius 2 is 2.00 bits per heavy atom. The third kappa shape index (κ3) is 8.89. The van der Waals surface area contributed by atoms with Crippen LogP contribution in [0.5, 0.6) is 0 Å². The highest BCUT2D eigenvalue weighted by molar-refractivity contribution is 6.23. The zero-order valence-corrected chi connectivity index (χ0v) is 8.75. The summed E-state index contributed by atoms with van der Waals surface area (Å²) in [7, 11) is 1.34. The van der Waals surface area contributed by atoms with Crippen molar-refractivity contribution in [2.75, 3.05) is 26.7 Å². The molecule has 0 aromatic rings. The summed E-state index contributed by atoms with van der Waals surface area (Å²) in [6, 6.07) is 0. The minimum Gasteiger partial charge on any atom is -0.469 e. The van der Waals surface area contributed by atoms with E-state index in [1.807, 2.05) is 0 Å². The van der Waals surface area contributed by atoms with Gasteiger partial charge < -0.3 is 15.4 Å². The van der Waals surface area contributed by atoms with Gasteiger partial charge in [-0.2, -0.15) is 0 Å². The van der Waals surface area contributed by atoms with E-state index < -0.39 is 5.91 Å². The Hall–Kier alpha value is -1.43. The largest absolute Gasteiger partial charge is 0.469 e. The van der Waals surface area contributed by atoms with Crippen LogP contribution in [0.15, 0.2) is 0 Å². The van der Waals surface area contributed by atoms with Gasteiger partial charge in [0.05, 0.1) is 13.5 Å². The van der Waals surface area contributed by atoms with Gasteiger partial charge in [0.25, 0.3) is 5.91 Å². The predicted molar refractivity (Wildman–Crippen MR) is 53.2 cm³/mol. The lowest BCUT2D eigenvalue weighted by Crippen LogP contribution is -2.28. The maximum Gasteiger partial charge on any atom is 0.306 e. The second kappa shape index (κ2) is 9.14. The molecule has 0 bridgehead atoms. The quantitative estimate of drug-likeness (QED) is 0.231. The van der Waals surface area contributed by atoms with Crippen molar-refractivity contribution < 1.29 is 19.1 Å². The third-order valence-corrected chi connectivity index (χ3v) is 1.67. The van der Waals surface area contributed by atoms with Crippen LogP contribution < -0.4 is 10.6 Å². The summed E-state index contributed by atoms with van der Waals surface area (Å²) in [4.78, 5) is 31.0. The van der Waals surface area contributed by atoms with Crippen LogP contribution in [0.3, 0.4) is 0 Å². The summed E-state index contributed by atoms with van der Waals surface area (Å²) in [5, 5.41) is 5.41. The van der Waals surface area contributed by atoms with Crippen LogP contribution in [-0.4, -0.2) is 44.9 Å². The number of aldehydes is 1. The van der Waals surface area contributed by atoms with E-state index in [0.717, 1.165) is 0 Å². The molecule has 0 atom stereocenters. The van der Waals surface area contributed by atoms with Gasteiger partial charge in [0.15, 0.2) is 0 Å². The number of hydrogen-bond donors (Lipinski definition) is 2. The van der Waals surface area contributed by atoms with Crippen LogP contribution in [0.1, 0.15) is 12.8 Å². The summed E-state index contributed by atoms with van der Waals surface area (Å²) in [6.45, 7) is 1.67. The van der Waals surface area contributed by atoms with Crippen molar-refractivity contribution in [1.29, 1.82) is 0 Å². The maximum atomic E-state index is 10.7. The zero-order valence-electron chi connectivity index (χ0n) is 8.75. The Kier molecular flexibility index (Phi) is 8.27. The fourth-order valence-electron chi connectivity index (χ4n) is 0.884. The van der Waals surface area contributed by atoms with Crippen molar-refractivity contribution in [1.82, 2.24) is 10.6 Å². The third-order valence-electron chi connectivity index (χ3n) is 1.67. The molecule has 1 amide bonds. The van der Waals surface area contributed by atoms with Gasteiger partial charge in [-0.1, -0.05) is 0 Å². The van der Waals surface area contributed by atoms with E-state index in [1.165, 1.54) is 7.11 Å². The van der Waals surface area contributed by atoms with Crippen LogP contribution in [0.2, 0.25) is 0 Å². The van der Waals surface area contributed by atoms with Crippen molar-refractivity contribution in [3.8, 4) is 0 Å². The molecule has 2 N–H and O–H groups in total. The van der Waals surface area contributed by atoms with Crippen LogP contribution in [-0.2, 0) is 19.1 Å². The smallest absolute Gasteiger partial charge is 0.306 e. The first-order chi connectivity index (χ1) is 7.20. The molecule has 0 aliphatic carbocycles. The summed E-state index contributed by atoms with van der Waals surface area (Å²) >= 11 is 0. The van der Waals surface area contributed by atoms with Gasteiger partial charge in [-0.3, -0.25) is 14.4 Å². The van der Waals surface area contributed by atoms with Crippen LogP contribution >= 0.6 is 0 Å². The highest BCUT2D eigenvalue weighted by Gasteiger charge is 1.98. The molecule has 0 saturated heterocycles. The Morgan fingerprint density at radius 1 is 1.27 bits per heavy atom. The summed E-state index contributed by atoms with van der Waals surface area (Å²) < 4.78 is 4.45. The molecule has 86 valence electrons. The molecule has 0 rings (SSSR count). The van der Waals surface area contributed by atoms with Gasteiger partial charge in [0.1, 0.15) is 0 Å². The van der Waals surface area contributed by atoms with E-state index in [-0.39, 0.29) is 12.3 Å². The number of carbonyl (C=O) groups excluding carboxylic acids is 3. The Morgan fingerprint density at radius 3 is 2.60 bits per heavy atom. The van der Waals surface area contributed by atoms with Gasteiger partial charge in [0.2, 0.25) is 6.29 Å². The topological polar surface area (TPSA) is 84.5 Å². The number of esters is 1. The maximum absolute atomic E-state index is 10.7. The molecule has 0 heterocycles. The number of amides is 1. The van der Waals surface area contributed by atoms with E-state index in [4.69, 9.17) is 0 Å². The fourth-order valence-corrected chi connectivity index (χ4v) is 0.884. The van der Waals surface area contributed by atoms with Crippen molar-refractivity contribution in [2.45, 2.75) is 12.8 Å². The van der Waals surface area contributed by atoms with Gasteiger partial charge in [-0.05, 0) is 13.0 Å². The molecular formula is C9H16N2O4. The zero-order chi connectivity index (χ0) is 11.5. The van der Waals surface area contributed by atoms with Crippen molar-refractivity contribution in [2.24, 2.45) is 0 Å². The average molecular weight is 216 g/mol. The van der Waals surface area contributed by atoms with Gasteiger partial charge in [0, 0.05) is 13.1 Å². The van der Waals surface area contributed by atoms with Gasteiger partial charge >= 0.3 is 5.97 Å². The monoisotopic (exact) mass is 216 g/mol. The Bertz CT molecular complexity index is 218. The molecule has 0 spiro atoms.